The molecule has 2 fully saturated rings. The molecule has 34 heavy (non-hydrogen) atoms. The van der Waals surface area contributed by atoms with E-state index in [9.17, 15) is 0 Å². The van der Waals surface area contributed by atoms with E-state index in [2.05, 4.69) is 128 Å². The number of hydrogen-bond donors (Lipinski definition) is 1. The second-order valence-electron chi connectivity index (χ2n) is 11.5. The van der Waals surface area contributed by atoms with Crippen molar-refractivity contribution in [3.63, 3.8) is 0 Å². The van der Waals surface area contributed by atoms with Gasteiger partial charge in [0.25, 0.3) is 0 Å². The summed E-state index contributed by atoms with van der Waals surface area (Å²) < 4.78 is 2.89. The maximum absolute atomic E-state index is 5.16. The molecule has 0 aromatic heterocycles. The third kappa shape index (κ3) is 3.34. The second-order valence-corrected chi connectivity index (χ2v) is 16.0. The van der Waals surface area contributed by atoms with Gasteiger partial charge >= 0.3 is 0 Å². The third-order valence-corrected chi connectivity index (χ3v) is 13.3. The normalized spacial score (nSPS) is 38.2. The molecule has 1 saturated heterocycles. The van der Waals surface area contributed by atoms with E-state index in [0.29, 0.717) is 41.3 Å². The van der Waals surface area contributed by atoms with E-state index in [1.807, 2.05) is 0 Å². The average Bonchev–Trinajstić information content (AvgIpc) is 3.42. The Morgan fingerprint density at radius 1 is 0.853 bits per heavy atom. The zero-order valence-corrected chi connectivity index (χ0v) is 21.8. The highest BCUT2D eigenvalue weighted by atomic mass is 28.3. The molecule has 3 aliphatic carbocycles. The van der Waals surface area contributed by atoms with Crippen LogP contribution in [0, 0.1) is 29.6 Å². The highest BCUT2D eigenvalue weighted by molar-refractivity contribution is 6.76. The van der Waals surface area contributed by atoms with Crippen molar-refractivity contribution in [2.75, 3.05) is 0 Å². The van der Waals surface area contributed by atoms with Gasteiger partial charge in [0.2, 0.25) is 0 Å². The third-order valence-electron chi connectivity index (χ3n) is 9.00. The first-order chi connectivity index (χ1) is 16.5. The standard InChI is InChI=1S/C30H37N3Si/c1-20(2)29-32-27-22(21-12-6-5-7-13-21)18-19-31-30(27)33(29)34(3,4)28-25-16-10-8-14-23(25)24-15-9-11-17-26(24)28/h5-20,23-30,32H,1-4H3/t23?,24?,25?,26?,27?,28?,29-,30+/m1/s1. The number of dihydropyridines is 1. The monoisotopic (exact) mass is 467 g/mol. The quantitative estimate of drug-likeness (QED) is 0.547. The summed E-state index contributed by atoms with van der Waals surface area (Å²) in [6.45, 7) is 10.00. The molecule has 1 aromatic carbocycles. The lowest BCUT2D eigenvalue weighted by Crippen LogP contribution is -2.61. The molecular formula is C30H37N3Si. The van der Waals surface area contributed by atoms with Gasteiger partial charge in [0.1, 0.15) is 14.4 Å². The maximum atomic E-state index is 5.16. The molecule has 1 aromatic rings. The smallest absolute Gasteiger partial charge is 0.130 e. The average molecular weight is 468 g/mol. The van der Waals surface area contributed by atoms with E-state index < -0.39 is 8.24 Å². The Bertz CT molecular complexity index is 1080. The molecule has 1 N–H and O–H groups in total. The van der Waals surface area contributed by atoms with E-state index in [0.717, 1.165) is 0 Å². The van der Waals surface area contributed by atoms with Crippen molar-refractivity contribution in [2.45, 2.75) is 50.9 Å². The van der Waals surface area contributed by atoms with E-state index in [1.54, 1.807) is 0 Å². The molecule has 6 rings (SSSR count). The Labute approximate surface area is 205 Å². The molecule has 7 atom stereocenters. The molecule has 1 saturated carbocycles. The van der Waals surface area contributed by atoms with Crippen molar-refractivity contribution in [3.05, 3.63) is 90.6 Å². The highest BCUT2D eigenvalue weighted by Gasteiger charge is 2.60. The van der Waals surface area contributed by atoms with E-state index in [4.69, 9.17) is 4.99 Å². The van der Waals surface area contributed by atoms with Crippen LogP contribution in [-0.4, -0.2) is 37.4 Å². The molecule has 5 unspecified atom stereocenters. The molecule has 0 radical (unpaired) electrons. The minimum absolute atomic E-state index is 0.165. The summed E-state index contributed by atoms with van der Waals surface area (Å²) in [6.07, 6.45) is 23.9. The van der Waals surface area contributed by atoms with Crippen LogP contribution in [0.5, 0.6) is 0 Å². The van der Waals surface area contributed by atoms with E-state index in [-0.39, 0.29) is 12.2 Å². The molecule has 0 bridgehead atoms. The zero-order valence-electron chi connectivity index (χ0n) is 20.8. The Kier molecular flexibility index (Phi) is 5.51. The fraction of sp³-hybridized carbons (Fsp3) is 0.433. The predicted octanol–water partition coefficient (Wildman–Crippen LogP) is 6.04. The summed E-state index contributed by atoms with van der Waals surface area (Å²) in [5.41, 5.74) is 3.34. The van der Waals surface area contributed by atoms with Gasteiger partial charge in [0.05, 0.1) is 12.2 Å². The summed E-state index contributed by atoms with van der Waals surface area (Å²) in [7, 11) is -1.96. The lowest BCUT2D eigenvalue weighted by atomic mass is 9.83. The fourth-order valence-electron chi connectivity index (χ4n) is 7.66. The Morgan fingerprint density at radius 2 is 1.44 bits per heavy atom. The summed E-state index contributed by atoms with van der Waals surface area (Å²) in [4.78, 5) is 5.16. The molecular weight excluding hydrogens is 430 g/mol. The van der Waals surface area contributed by atoms with E-state index in [1.165, 1.54) is 11.1 Å². The molecule has 0 amide bonds. The van der Waals surface area contributed by atoms with Crippen molar-refractivity contribution in [1.29, 1.82) is 0 Å². The van der Waals surface area contributed by atoms with Crippen LogP contribution in [-0.2, 0) is 0 Å². The molecule has 0 spiro atoms. The number of fused-ring (bicyclic) bond motifs is 4. The maximum Gasteiger partial charge on any atom is 0.130 e. The summed E-state index contributed by atoms with van der Waals surface area (Å²) in [6, 6.07) is 11.1. The first-order valence-corrected chi connectivity index (χ1v) is 16.0. The van der Waals surface area contributed by atoms with Crippen LogP contribution < -0.4 is 5.32 Å². The van der Waals surface area contributed by atoms with Crippen molar-refractivity contribution < 1.29 is 0 Å². The van der Waals surface area contributed by atoms with Gasteiger partial charge in [-0.15, -0.1) is 0 Å². The Balaban J connectivity index is 1.40. The minimum Gasteiger partial charge on any atom is -0.292 e. The van der Waals surface area contributed by atoms with Gasteiger partial charge in [-0.05, 0) is 52.3 Å². The van der Waals surface area contributed by atoms with Gasteiger partial charge in [-0.1, -0.05) is 106 Å². The largest absolute Gasteiger partial charge is 0.292 e. The molecule has 2 aliphatic heterocycles. The topological polar surface area (TPSA) is 27.6 Å². The van der Waals surface area contributed by atoms with Crippen molar-refractivity contribution in [3.8, 4) is 0 Å². The van der Waals surface area contributed by atoms with Gasteiger partial charge in [-0.25, -0.2) is 0 Å². The van der Waals surface area contributed by atoms with Gasteiger partial charge in [-0.3, -0.25) is 14.9 Å². The van der Waals surface area contributed by atoms with Crippen molar-refractivity contribution in [1.82, 2.24) is 9.88 Å². The number of nitrogens with one attached hydrogen (secondary N) is 1. The van der Waals surface area contributed by atoms with Gasteiger partial charge in [0, 0.05) is 6.21 Å². The van der Waals surface area contributed by atoms with Crippen LogP contribution >= 0.6 is 0 Å². The first kappa shape index (κ1) is 22.2. The van der Waals surface area contributed by atoms with Crippen LogP contribution in [0.1, 0.15) is 19.4 Å². The lowest BCUT2D eigenvalue weighted by molar-refractivity contribution is 0.244. The van der Waals surface area contributed by atoms with Crippen LogP contribution in [0.4, 0.5) is 0 Å². The molecule has 2 heterocycles. The number of hydrogen-bond acceptors (Lipinski definition) is 3. The molecule has 5 aliphatic rings. The van der Waals surface area contributed by atoms with Crippen LogP contribution in [0.2, 0.25) is 18.6 Å². The number of aliphatic imine (C=N–C) groups is 1. The van der Waals surface area contributed by atoms with Crippen molar-refractivity contribution in [2.24, 2.45) is 34.6 Å². The number of allylic oxidation sites excluding steroid dienone is 9. The first-order valence-electron chi connectivity index (χ1n) is 13.0. The van der Waals surface area contributed by atoms with E-state index >= 15 is 0 Å². The second kappa shape index (κ2) is 8.44. The van der Waals surface area contributed by atoms with Crippen LogP contribution in [0.3, 0.4) is 0 Å². The molecule has 176 valence electrons. The van der Waals surface area contributed by atoms with Crippen LogP contribution in [0.25, 0.3) is 5.57 Å². The lowest BCUT2D eigenvalue weighted by Gasteiger charge is -2.48. The van der Waals surface area contributed by atoms with Crippen molar-refractivity contribution >= 4 is 20.0 Å². The molecule has 3 nitrogen and oxygen atoms in total. The summed E-state index contributed by atoms with van der Waals surface area (Å²) >= 11 is 0. The van der Waals surface area contributed by atoms with Gasteiger partial charge < -0.3 is 0 Å². The predicted molar refractivity (Wildman–Crippen MR) is 146 cm³/mol. The minimum atomic E-state index is -1.96. The highest BCUT2D eigenvalue weighted by Crippen LogP contribution is 2.59. The zero-order chi connectivity index (χ0) is 23.4. The summed E-state index contributed by atoms with van der Waals surface area (Å²) in [5, 5.41) is 4.08. The van der Waals surface area contributed by atoms with Gasteiger partial charge in [-0.2, -0.15) is 0 Å². The summed E-state index contributed by atoms with van der Waals surface area (Å²) in [5.74, 6) is 2.97. The number of nitrogens with zero attached hydrogens (tertiary/aromatic N) is 2. The van der Waals surface area contributed by atoms with Gasteiger partial charge in [0.15, 0.2) is 0 Å². The van der Waals surface area contributed by atoms with Crippen LogP contribution in [0.15, 0.2) is 90.0 Å². The Morgan fingerprint density at radius 3 is 2.03 bits per heavy atom. The number of benzene rings is 1. The fourth-order valence-corrected chi connectivity index (χ4v) is 12.5. The number of rotatable bonds is 4. The SMILES string of the molecule is CC(C)[C@@H]1NC2C(c3ccccc3)=CC=N[C@H]2N1[Si](C)(C)C1C2C=CC=CC2C2C=CC=CC21. The molecule has 4 heteroatoms. The Hall–Kier alpha value is -2.27.